The number of amides is 2. The van der Waals surface area contributed by atoms with Gasteiger partial charge in [0.25, 0.3) is 0 Å². The number of methoxy groups -OCH3 is 1. The third-order valence-corrected chi connectivity index (χ3v) is 4.95. The van der Waals surface area contributed by atoms with Crippen molar-refractivity contribution in [2.75, 3.05) is 38.6 Å². The highest BCUT2D eigenvalue weighted by Crippen LogP contribution is 2.17. The molecule has 0 aliphatic rings. The van der Waals surface area contributed by atoms with Crippen molar-refractivity contribution in [1.29, 1.82) is 0 Å². The number of fused-ring (bicyclic) bond motifs is 1. The largest absolute Gasteiger partial charge is 0.497 e. The molecule has 30 heavy (non-hydrogen) atoms. The SMILES string of the molecule is CCN(CC(=O)NCCc1c[nH]c2ccccc12)CC(=O)Nc1ccc(OC)cc1. The van der Waals surface area contributed by atoms with E-state index in [1.807, 2.05) is 31.3 Å². The second-order valence-corrected chi connectivity index (χ2v) is 7.04. The highest BCUT2D eigenvalue weighted by Gasteiger charge is 2.13. The minimum absolute atomic E-state index is 0.0889. The fraction of sp³-hybridized carbons (Fsp3) is 0.304. The Hall–Kier alpha value is -3.32. The maximum absolute atomic E-state index is 12.3. The predicted molar refractivity (Wildman–Crippen MR) is 119 cm³/mol. The highest BCUT2D eigenvalue weighted by atomic mass is 16.5. The second-order valence-electron chi connectivity index (χ2n) is 7.04. The fourth-order valence-corrected chi connectivity index (χ4v) is 3.29. The van der Waals surface area contributed by atoms with Gasteiger partial charge in [-0.3, -0.25) is 14.5 Å². The zero-order valence-electron chi connectivity index (χ0n) is 17.4. The maximum atomic E-state index is 12.3. The first-order valence-electron chi connectivity index (χ1n) is 10.1. The monoisotopic (exact) mass is 408 g/mol. The number of carbonyl (C=O) groups is 2. The normalized spacial score (nSPS) is 10.9. The van der Waals surface area contributed by atoms with E-state index in [0.29, 0.717) is 18.8 Å². The van der Waals surface area contributed by atoms with E-state index < -0.39 is 0 Å². The molecule has 2 amide bonds. The molecule has 2 aromatic carbocycles. The molecule has 0 saturated carbocycles. The molecule has 7 heteroatoms. The molecule has 0 spiro atoms. The van der Waals surface area contributed by atoms with Crippen molar-refractivity contribution in [3.63, 3.8) is 0 Å². The molecule has 158 valence electrons. The lowest BCUT2D eigenvalue weighted by molar-refractivity contribution is -0.123. The van der Waals surface area contributed by atoms with Gasteiger partial charge in [0.15, 0.2) is 0 Å². The summed E-state index contributed by atoms with van der Waals surface area (Å²) in [5, 5.41) is 6.96. The van der Waals surface area contributed by atoms with E-state index in [-0.39, 0.29) is 24.9 Å². The lowest BCUT2D eigenvalue weighted by atomic mass is 10.1. The number of likely N-dealkylation sites (N-methyl/N-ethyl adjacent to an activating group) is 1. The number of rotatable bonds is 10. The summed E-state index contributed by atoms with van der Waals surface area (Å²) in [5.41, 5.74) is 2.97. The second kappa shape index (κ2) is 10.5. The number of nitrogens with one attached hydrogen (secondary N) is 3. The lowest BCUT2D eigenvalue weighted by Gasteiger charge is -2.19. The fourth-order valence-electron chi connectivity index (χ4n) is 3.29. The van der Waals surface area contributed by atoms with Gasteiger partial charge in [-0.1, -0.05) is 25.1 Å². The molecule has 3 aromatic rings. The average molecular weight is 409 g/mol. The number of hydrogen-bond donors (Lipinski definition) is 3. The Morgan fingerprint density at radius 2 is 1.77 bits per heavy atom. The molecule has 1 heterocycles. The van der Waals surface area contributed by atoms with Crippen LogP contribution >= 0.6 is 0 Å². The van der Waals surface area contributed by atoms with E-state index in [2.05, 4.69) is 21.7 Å². The standard InChI is InChI=1S/C23H28N4O3/c1-3-27(16-23(29)26-18-8-10-19(30-2)11-9-18)15-22(28)24-13-12-17-14-25-21-7-5-4-6-20(17)21/h4-11,14,25H,3,12-13,15-16H2,1-2H3,(H,24,28)(H,26,29). The number of carbonyl (C=O) groups excluding carboxylic acids is 2. The number of aromatic amines is 1. The molecule has 0 fully saturated rings. The number of hydrogen-bond acceptors (Lipinski definition) is 4. The molecule has 0 unspecified atom stereocenters. The number of H-pyrrole nitrogens is 1. The van der Waals surface area contributed by atoms with Crippen LogP contribution in [-0.2, 0) is 16.0 Å². The molecule has 3 N–H and O–H groups in total. The minimum atomic E-state index is -0.159. The first kappa shape index (κ1) is 21.4. The summed E-state index contributed by atoms with van der Waals surface area (Å²) < 4.78 is 5.11. The van der Waals surface area contributed by atoms with Crippen LogP contribution in [0.3, 0.4) is 0 Å². The Labute approximate surface area is 176 Å². The van der Waals surface area contributed by atoms with Crippen molar-refractivity contribution in [3.8, 4) is 5.75 Å². The van der Waals surface area contributed by atoms with Crippen LogP contribution in [0.25, 0.3) is 10.9 Å². The van der Waals surface area contributed by atoms with Crippen molar-refractivity contribution >= 4 is 28.4 Å². The van der Waals surface area contributed by atoms with Gasteiger partial charge in [0.2, 0.25) is 11.8 Å². The van der Waals surface area contributed by atoms with Crippen LogP contribution in [0.15, 0.2) is 54.7 Å². The van der Waals surface area contributed by atoms with Crippen LogP contribution < -0.4 is 15.4 Å². The van der Waals surface area contributed by atoms with E-state index in [0.717, 1.165) is 17.7 Å². The topological polar surface area (TPSA) is 86.5 Å². The number of para-hydroxylation sites is 1. The quantitative estimate of drug-likeness (QED) is 0.482. The Bertz CT molecular complexity index is 982. The molecule has 3 rings (SSSR count). The smallest absolute Gasteiger partial charge is 0.238 e. The molecule has 0 bridgehead atoms. The summed E-state index contributed by atoms with van der Waals surface area (Å²) >= 11 is 0. The summed E-state index contributed by atoms with van der Waals surface area (Å²) in [5.74, 6) is 0.482. The molecule has 7 nitrogen and oxygen atoms in total. The third-order valence-electron chi connectivity index (χ3n) is 4.95. The van der Waals surface area contributed by atoms with Gasteiger partial charge in [0.05, 0.1) is 20.2 Å². The first-order chi connectivity index (χ1) is 14.6. The number of ether oxygens (including phenoxy) is 1. The molecule has 0 aliphatic heterocycles. The third kappa shape index (κ3) is 5.84. The van der Waals surface area contributed by atoms with Gasteiger partial charge >= 0.3 is 0 Å². The lowest BCUT2D eigenvalue weighted by Crippen LogP contribution is -2.41. The first-order valence-corrected chi connectivity index (χ1v) is 10.1. The van der Waals surface area contributed by atoms with Crippen LogP contribution in [0, 0.1) is 0 Å². The van der Waals surface area contributed by atoms with Crippen LogP contribution in [0.4, 0.5) is 5.69 Å². The number of aromatic nitrogens is 1. The van der Waals surface area contributed by atoms with Crippen LogP contribution in [0.1, 0.15) is 12.5 Å². The van der Waals surface area contributed by atoms with Crippen molar-refractivity contribution in [2.45, 2.75) is 13.3 Å². The van der Waals surface area contributed by atoms with Gasteiger partial charge in [-0.05, 0) is 48.9 Å². The van der Waals surface area contributed by atoms with Gasteiger partial charge in [0, 0.05) is 29.3 Å². The Balaban J connectivity index is 1.42. The van der Waals surface area contributed by atoms with Gasteiger partial charge < -0.3 is 20.4 Å². The van der Waals surface area contributed by atoms with Crippen molar-refractivity contribution < 1.29 is 14.3 Å². The molecule has 1 aromatic heterocycles. The Morgan fingerprint density at radius 3 is 2.50 bits per heavy atom. The van der Waals surface area contributed by atoms with Gasteiger partial charge in [-0.15, -0.1) is 0 Å². The van der Waals surface area contributed by atoms with E-state index in [1.165, 1.54) is 10.9 Å². The zero-order chi connectivity index (χ0) is 21.3. The molecule has 0 saturated heterocycles. The van der Waals surface area contributed by atoms with Crippen LogP contribution in [0.5, 0.6) is 5.75 Å². The molecular weight excluding hydrogens is 380 g/mol. The summed E-state index contributed by atoms with van der Waals surface area (Å²) in [7, 11) is 1.60. The van der Waals surface area contributed by atoms with Crippen LogP contribution in [0.2, 0.25) is 0 Å². The maximum Gasteiger partial charge on any atom is 0.238 e. The van der Waals surface area contributed by atoms with Crippen molar-refractivity contribution in [2.24, 2.45) is 0 Å². The van der Waals surface area contributed by atoms with Crippen molar-refractivity contribution in [1.82, 2.24) is 15.2 Å². The van der Waals surface area contributed by atoms with E-state index in [9.17, 15) is 9.59 Å². The van der Waals surface area contributed by atoms with Crippen molar-refractivity contribution in [3.05, 3.63) is 60.3 Å². The highest BCUT2D eigenvalue weighted by molar-refractivity contribution is 5.92. The van der Waals surface area contributed by atoms with Crippen LogP contribution in [-0.4, -0.2) is 55.0 Å². The Kier molecular flexibility index (Phi) is 7.45. The number of nitrogens with zero attached hydrogens (tertiary/aromatic N) is 1. The van der Waals surface area contributed by atoms with E-state index in [1.54, 1.807) is 36.3 Å². The van der Waals surface area contributed by atoms with Gasteiger partial charge in [0.1, 0.15) is 5.75 Å². The average Bonchev–Trinajstić information content (AvgIpc) is 3.17. The van der Waals surface area contributed by atoms with Gasteiger partial charge in [-0.2, -0.15) is 0 Å². The van der Waals surface area contributed by atoms with E-state index in [4.69, 9.17) is 4.74 Å². The van der Waals surface area contributed by atoms with E-state index >= 15 is 0 Å². The molecular formula is C23H28N4O3. The molecule has 0 radical (unpaired) electrons. The summed E-state index contributed by atoms with van der Waals surface area (Å²) in [6, 6.07) is 15.2. The summed E-state index contributed by atoms with van der Waals surface area (Å²) in [4.78, 5) is 29.6. The molecule has 0 atom stereocenters. The minimum Gasteiger partial charge on any atom is -0.497 e. The summed E-state index contributed by atoms with van der Waals surface area (Å²) in [6.07, 6.45) is 2.73. The molecule has 0 aliphatic carbocycles. The van der Waals surface area contributed by atoms with Gasteiger partial charge in [-0.25, -0.2) is 0 Å². The Morgan fingerprint density at radius 1 is 1.03 bits per heavy atom. The predicted octanol–water partition coefficient (Wildman–Crippen LogP) is 2.80. The number of benzene rings is 2. The number of anilines is 1. The zero-order valence-corrected chi connectivity index (χ0v) is 17.4. The summed E-state index contributed by atoms with van der Waals surface area (Å²) in [6.45, 7) is 3.42.